The van der Waals surface area contributed by atoms with Crippen molar-refractivity contribution in [1.82, 2.24) is 9.13 Å². The van der Waals surface area contributed by atoms with Crippen LogP contribution in [-0.4, -0.2) is 9.13 Å². The fourth-order valence-corrected chi connectivity index (χ4v) is 2.59. The first-order chi connectivity index (χ1) is 13.5. The molecule has 2 aromatic carbocycles. The predicted molar refractivity (Wildman–Crippen MR) is 96.4 cm³/mol. The number of rotatable bonds is 3. The summed E-state index contributed by atoms with van der Waals surface area (Å²) >= 11 is 0. The number of ether oxygens (including phenoxy) is 1. The monoisotopic (exact) mass is 366 g/mol. The van der Waals surface area contributed by atoms with Crippen LogP contribution in [0.25, 0.3) is 5.69 Å². The number of benzene rings is 2. The topological polar surface area (TPSA) is 131 Å². The Morgan fingerprint density at radius 3 is 1.82 bits per heavy atom. The summed E-state index contributed by atoms with van der Waals surface area (Å²) in [5.41, 5.74) is 0.491. The second-order valence-electron chi connectivity index (χ2n) is 5.73. The molecule has 3 rings (SSSR count). The number of aryl methyl sites for hydroxylation is 1. The van der Waals surface area contributed by atoms with E-state index in [2.05, 4.69) is 0 Å². The lowest BCUT2D eigenvalue weighted by atomic mass is 10.1. The molecule has 0 aliphatic carbocycles. The smallest absolute Gasteiger partial charge is 0.332 e. The van der Waals surface area contributed by atoms with Crippen molar-refractivity contribution in [2.75, 3.05) is 0 Å². The van der Waals surface area contributed by atoms with Crippen LogP contribution in [0.5, 0.6) is 11.5 Å². The predicted octanol–water partition coefficient (Wildman–Crippen LogP) is 2.46. The van der Waals surface area contributed by atoms with Crippen LogP contribution in [0.15, 0.2) is 47.5 Å². The molecule has 0 unspecified atom stereocenters. The van der Waals surface area contributed by atoms with Gasteiger partial charge in [0.1, 0.15) is 17.9 Å². The van der Waals surface area contributed by atoms with Crippen LogP contribution in [0.2, 0.25) is 0 Å². The van der Waals surface area contributed by atoms with Gasteiger partial charge in [0.05, 0.1) is 40.1 Å². The average molecular weight is 366 g/mol. The summed E-state index contributed by atoms with van der Waals surface area (Å²) in [6.07, 6.45) is 3.08. The molecular weight excluding hydrogens is 356 g/mol. The lowest BCUT2D eigenvalue weighted by molar-refractivity contribution is 0.479. The van der Waals surface area contributed by atoms with Crippen molar-refractivity contribution in [3.63, 3.8) is 0 Å². The second-order valence-corrected chi connectivity index (χ2v) is 5.73. The zero-order chi connectivity index (χ0) is 20.3. The highest BCUT2D eigenvalue weighted by atomic mass is 16.5. The quantitative estimate of drug-likeness (QED) is 0.699. The minimum atomic E-state index is -0.332. The first kappa shape index (κ1) is 18.0. The maximum atomic E-state index is 12.2. The molecule has 0 atom stereocenters. The lowest BCUT2D eigenvalue weighted by Gasteiger charge is -2.12. The van der Waals surface area contributed by atoms with Gasteiger partial charge in [-0.2, -0.15) is 21.0 Å². The van der Waals surface area contributed by atoms with Gasteiger partial charge in [0.2, 0.25) is 0 Å². The number of hydrogen-bond acceptors (Lipinski definition) is 6. The summed E-state index contributed by atoms with van der Waals surface area (Å²) in [4.78, 5) is 12.2. The lowest BCUT2D eigenvalue weighted by Crippen LogP contribution is -2.20. The largest absolute Gasteiger partial charge is 0.454 e. The van der Waals surface area contributed by atoms with Crippen molar-refractivity contribution in [3.05, 3.63) is 75.5 Å². The molecule has 0 spiro atoms. The van der Waals surface area contributed by atoms with E-state index in [0.717, 1.165) is 0 Å². The molecular formula is C20H10N6O2. The van der Waals surface area contributed by atoms with Crippen molar-refractivity contribution in [2.24, 2.45) is 7.05 Å². The van der Waals surface area contributed by atoms with Crippen LogP contribution in [0.3, 0.4) is 0 Å². The molecule has 0 N–H and O–H groups in total. The van der Waals surface area contributed by atoms with Gasteiger partial charge < -0.3 is 9.30 Å². The van der Waals surface area contributed by atoms with E-state index >= 15 is 0 Å². The second kappa shape index (κ2) is 7.22. The molecule has 132 valence electrons. The standard InChI is InChI=1S/C20H10N6O2/c1-25-2-3-26(20(25)27)17-7-15(11-23)19(16(8-17)12-24)28-18-5-13(9-21)4-14(6-18)10-22/h2-8H,1H3. The van der Waals surface area contributed by atoms with E-state index in [0.29, 0.717) is 5.69 Å². The van der Waals surface area contributed by atoms with Crippen LogP contribution in [0, 0.1) is 45.3 Å². The van der Waals surface area contributed by atoms with Gasteiger partial charge in [-0.15, -0.1) is 0 Å². The van der Waals surface area contributed by atoms with Gasteiger partial charge in [-0.05, 0) is 30.3 Å². The Morgan fingerprint density at radius 2 is 1.39 bits per heavy atom. The molecule has 0 aliphatic heterocycles. The van der Waals surface area contributed by atoms with Crippen LogP contribution >= 0.6 is 0 Å². The molecule has 3 aromatic rings. The van der Waals surface area contributed by atoms with E-state index in [1.807, 2.05) is 24.3 Å². The number of aromatic nitrogens is 2. The third-order valence-corrected chi connectivity index (χ3v) is 3.92. The summed E-state index contributed by atoms with van der Waals surface area (Å²) in [6.45, 7) is 0. The molecule has 1 heterocycles. The van der Waals surface area contributed by atoms with Crippen LogP contribution in [0.1, 0.15) is 22.3 Å². The normalized spacial score (nSPS) is 9.61. The molecule has 0 bridgehead atoms. The van der Waals surface area contributed by atoms with Crippen molar-refractivity contribution in [3.8, 4) is 41.5 Å². The molecule has 8 nitrogen and oxygen atoms in total. The van der Waals surface area contributed by atoms with E-state index in [4.69, 9.17) is 15.3 Å². The van der Waals surface area contributed by atoms with Gasteiger partial charge in [0.15, 0.2) is 5.75 Å². The maximum absolute atomic E-state index is 12.2. The van der Waals surface area contributed by atoms with Crippen molar-refractivity contribution in [1.29, 1.82) is 21.0 Å². The van der Waals surface area contributed by atoms with Gasteiger partial charge >= 0.3 is 5.69 Å². The van der Waals surface area contributed by atoms with Gasteiger partial charge in [-0.25, -0.2) is 4.79 Å². The molecule has 0 saturated heterocycles. The highest BCUT2D eigenvalue weighted by Crippen LogP contribution is 2.32. The fraction of sp³-hybridized carbons (Fsp3) is 0.0500. The van der Waals surface area contributed by atoms with Crippen molar-refractivity contribution in [2.45, 2.75) is 0 Å². The molecule has 0 saturated carbocycles. The number of nitriles is 4. The number of nitrogens with zero attached hydrogens (tertiary/aromatic N) is 6. The summed E-state index contributed by atoms with van der Waals surface area (Å²) in [5.74, 6) is 0.130. The Labute approximate surface area is 159 Å². The van der Waals surface area contributed by atoms with Gasteiger partial charge in [0.25, 0.3) is 0 Å². The first-order valence-corrected chi connectivity index (χ1v) is 7.86. The van der Waals surface area contributed by atoms with Gasteiger partial charge in [-0.1, -0.05) is 0 Å². The average Bonchev–Trinajstić information content (AvgIpc) is 3.06. The van der Waals surface area contributed by atoms with Crippen LogP contribution in [-0.2, 0) is 7.05 Å². The Bertz CT molecular complexity index is 1250. The minimum Gasteiger partial charge on any atom is -0.454 e. The zero-order valence-corrected chi connectivity index (χ0v) is 14.5. The summed E-state index contributed by atoms with van der Waals surface area (Å²) < 4.78 is 8.36. The third kappa shape index (κ3) is 3.18. The number of imidazole rings is 1. The van der Waals surface area contributed by atoms with E-state index in [-0.39, 0.29) is 39.4 Å². The molecule has 28 heavy (non-hydrogen) atoms. The SMILES string of the molecule is Cn1ccn(-c2cc(C#N)c(Oc3cc(C#N)cc(C#N)c3)c(C#N)c2)c1=O. The Balaban J connectivity index is 2.16. The van der Waals surface area contributed by atoms with Crippen LogP contribution in [0.4, 0.5) is 0 Å². The van der Waals surface area contributed by atoms with E-state index in [9.17, 15) is 15.3 Å². The fourth-order valence-electron chi connectivity index (χ4n) is 2.59. The Morgan fingerprint density at radius 1 is 0.821 bits per heavy atom. The highest BCUT2D eigenvalue weighted by Gasteiger charge is 2.16. The summed E-state index contributed by atoms with van der Waals surface area (Å²) in [6, 6.07) is 14.8. The maximum Gasteiger partial charge on any atom is 0.332 e. The highest BCUT2D eigenvalue weighted by molar-refractivity contribution is 5.61. The zero-order valence-electron chi connectivity index (χ0n) is 14.5. The van der Waals surface area contributed by atoms with Gasteiger partial charge in [-0.3, -0.25) is 4.57 Å². The van der Waals surface area contributed by atoms with Crippen LogP contribution < -0.4 is 10.4 Å². The summed E-state index contributed by atoms with van der Waals surface area (Å²) in [7, 11) is 1.59. The molecule has 8 heteroatoms. The van der Waals surface area contributed by atoms with E-state index in [1.165, 1.54) is 45.7 Å². The summed E-state index contributed by atoms with van der Waals surface area (Å²) in [5, 5.41) is 37.2. The van der Waals surface area contributed by atoms with Crippen molar-refractivity contribution < 1.29 is 4.74 Å². The van der Waals surface area contributed by atoms with Gasteiger partial charge in [0, 0.05) is 19.4 Å². The number of hydrogen-bond donors (Lipinski definition) is 0. The molecule has 0 aliphatic rings. The van der Waals surface area contributed by atoms with E-state index < -0.39 is 0 Å². The van der Waals surface area contributed by atoms with Crippen molar-refractivity contribution >= 4 is 0 Å². The molecule has 1 aromatic heterocycles. The molecule has 0 amide bonds. The Hall–Kier alpha value is -4.79. The molecule has 0 fully saturated rings. The molecule has 0 radical (unpaired) electrons. The van der Waals surface area contributed by atoms with E-state index in [1.54, 1.807) is 13.2 Å². The first-order valence-electron chi connectivity index (χ1n) is 7.86. The minimum absolute atomic E-state index is 0.0169. The third-order valence-electron chi connectivity index (χ3n) is 3.92. The Kier molecular flexibility index (Phi) is 4.64.